The van der Waals surface area contributed by atoms with E-state index in [0.29, 0.717) is 5.92 Å². The summed E-state index contributed by atoms with van der Waals surface area (Å²) in [5.41, 5.74) is 2.38. The second-order valence-corrected chi connectivity index (χ2v) is 5.19. The molecule has 3 atom stereocenters. The number of aryl methyl sites for hydroxylation is 1. The molecule has 1 nitrogen and oxygen atoms in total. The molecule has 0 aliphatic heterocycles. The van der Waals surface area contributed by atoms with Crippen molar-refractivity contribution < 1.29 is 5.11 Å². The maximum absolute atomic E-state index is 10.3. The minimum atomic E-state index is -0.208. The number of hydrogen-bond acceptors (Lipinski definition) is 1. The van der Waals surface area contributed by atoms with E-state index in [1.54, 1.807) is 0 Å². The summed E-state index contributed by atoms with van der Waals surface area (Å²) in [5, 5.41) is 10.3. The zero-order valence-corrected chi connectivity index (χ0v) is 9.19. The lowest BCUT2D eigenvalue weighted by Gasteiger charge is -2.13. The second kappa shape index (κ2) is 3.34. The van der Waals surface area contributed by atoms with E-state index in [2.05, 4.69) is 31.2 Å². The summed E-state index contributed by atoms with van der Waals surface area (Å²) in [7, 11) is 0. The topological polar surface area (TPSA) is 20.2 Å². The molecule has 2 aliphatic rings. The molecule has 1 heteroatoms. The fraction of sp³-hybridized carbons (Fsp3) is 0.571. The Bertz CT molecular complexity index is 344. The Balaban J connectivity index is 1.75. The molecule has 0 spiro atoms. The van der Waals surface area contributed by atoms with Crippen molar-refractivity contribution >= 4 is 0 Å². The highest BCUT2D eigenvalue weighted by Crippen LogP contribution is 2.62. The summed E-state index contributed by atoms with van der Waals surface area (Å²) < 4.78 is 0. The van der Waals surface area contributed by atoms with Gasteiger partial charge in [-0.05, 0) is 43.1 Å². The normalized spacial score (nSPS) is 34.9. The number of rotatable bonds is 2. The Kier molecular flexibility index (Phi) is 2.10. The van der Waals surface area contributed by atoms with Crippen molar-refractivity contribution in [2.24, 2.45) is 17.8 Å². The molecule has 2 saturated carbocycles. The molecular formula is C14H18O. The summed E-state index contributed by atoms with van der Waals surface area (Å²) in [6.07, 6.45) is 3.86. The Morgan fingerprint density at radius 2 is 1.73 bits per heavy atom. The van der Waals surface area contributed by atoms with Crippen molar-refractivity contribution in [1.82, 2.24) is 0 Å². The van der Waals surface area contributed by atoms with Gasteiger partial charge in [0.15, 0.2) is 0 Å². The molecule has 3 rings (SSSR count). The molecule has 0 amide bonds. The highest BCUT2D eigenvalue weighted by atomic mass is 16.3. The van der Waals surface area contributed by atoms with Crippen LogP contribution in [0.25, 0.3) is 0 Å². The number of aliphatic hydroxyl groups is 1. The highest BCUT2D eigenvalue weighted by Gasteiger charge is 2.55. The summed E-state index contributed by atoms with van der Waals surface area (Å²) in [6, 6.07) is 8.34. The first-order valence-corrected chi connectivity index (χ1v) is 6.02. The van der Waals surface area contributed by atoms with E-state index in [1.807, 2.05) is 0 Å². The van der Waals surface area contributed by atoms with Crippen LogP contribution < -0.4 is 0 Å². The predicted octanol–water partition coefficient (Wildman–Crippen LogP) is 3.07. The third-order valence-corrected chi connectivity index (χ3v) is 4.26. The summed E-state index contributed by atoms with van der Waals surface area (Å²) in [5.74, 6) is 2.24. The van der Waals surface area contributed by atoms with Crippen LogP contribution in [0.1, 0.15) is 36.5 Å². The molecule has 0 aromatic heterocycles. The van der Waals surface area contributed by atoms with Gasteiger partial charge in [0.25, 0.3) is 0 Å². The van der Waals surface area contributed by atoms with Gasteiger partial charge in [0.05, 0.1) is 6.10 Å². The van der Waals surface area contributed by atoms with Gasteiger partial charge in [0.2, 0.25) is 0 Å². The first-order chi connectivity index (χ1) is 7.27. The van der Waals surface area contributed by atoms with Crippen molar-refractivity contribution in [3.05, 3.63) is 35.4 Å². The molecule has 1 aromatic carbocycles. The molecular weight excluding hydrogens is 184 g/mol. The number of fused-ring (bicyclic) bond motifs is 1. The van der Waals surface area contributed by atoms with Crippen molar-refractivity contribution in [3.63, 3.8) is 0 Å². The minimum Gasteiger partial charge on any atom is -0.388 e. The molecule has 0 radical (unpaired) electrons. The molecule has 0 bridgehead atoms. The largest absolute Gasteiger partial charge is 0.388 e. The molecule has 0 heterocycles. The van der Waals surface area contributed by atoms with Crippen LogP contribution in [0.4, 0.5) is 0 Å². The van der Waals surface area contributed by atoms with E-state index >= 15 is 0 Å². The lowest BCUT2D eigenvalue weighted by molar-refractivity contribution is 0.137. The lowest BCUT2D eigenvalue weighted by Crippen LogP contribution is -2.04. The highest BCUT2D eigenvalue weighted by molar-refractivity contribution is 5.25. The van der Waals surface area contributed by atoms with Gasteiger partial charge < -0.3 is 5.11 Å². The van der Waals surface area contributed by atoms with E-state index in [0.717, 1.165) is 17.4 Å². The number of hydrogen-bond donors (Lipinski definition) is 1. The van der Waals surface area contributed by atoms with Crippen molar-refractivity contribution in [2.75, 3.05) is 0 Å². The molecule has 1 aromatic rings. The second-order valence-electron chi connectivity index (χ2n) is 5.19. The lowest BCUT2D eigenvalue weighted by atomic mass is 9.99. The van der Waals surface area contributed by atoms with Crippen LogP contribution in [0.2, 0.25) is 0 Å². The van der Waals surface area contributed by atoms with Crippen LogP contribution in [-0.4, -0.2) is 5.11 Å². The average Bonchev–Trinajstić information content (AvgIpc) is 2.72. The quantitative estimate of drug-likeness (QED) is 0.781. The Hall–Kier alpha value is -0.820. The number of aliphatic hydroxyl groups excluding tert-OH is 1. The van der Waals surface area contributed by atoms with E-state index < -0.39 is 0 Å². The maximum atomic E-state index is 10.3. The van der Waals surface area contributed by atoms with Gasteiger partial charge in [-0.2, -0.15) is 0 Å². The Morgan fingerprint density at radius 1 is 1.13 bits per heavy atom. The SMILES string of the molecule is Cc1ccc(C(O)C2C3CCCC32)cc1. The van der Waals surface area contributed by atoms with Crippen LogP contribution in [0.5, 0.6) is 0 Å². The Morgan fingerprint density at radius 3 is 2.33 bits per heavy atom. The van der Waals surface area contributed by atoms with E-state index in [-0.39, 0.29) is 6.10 Å². The van der Waals surface area contributed by atoms with Gasteiger partial charge in [-0.1, -0.05) is 36.2 Å². The van der Waals surface area contributed by atoms with E-state index in [9.17, 15) is 5.11 Å². The van der Waals surface area contributed by atoms with Crippen LogP contribution in [0.3, 0.4) is 0 Å². The zero-order chi connectivity index (χ0) is 10.4. The fourth-order valence-electron chi connectivity index (χ4n) is 3.33. The molecule has 15 heavy (non-hydrogen) atoms. The fourth-order valence-corrected chi connectivity index (χ4v) is 3.33. The molecule has 2 aliphatic carbocycles. The Labute approximate surface area is 91.1 Å². The van der Waals surface area contributed by atoms with Crippen LogP contribution in [0, 0.1) is 24.7 Å². The molecule has 3 unspecified atom stereocenters. The van der Waals surface area contributed by atoms with Gasteiger partial charge in [-0.15, -0.1) is 0 Å². The van der Waals surface area contributed by atoms with Gasteiger partial charge >= 0.3 is 0 Å². The third-order valence-electron chi connectivity index (χ3n) is 4.26. The summed E-state index contributed by atoms with van der Waals surface area (Å²) >= 11 is 0. The van der Waals surface area contributed by atoms with Crippen LogP contribution in [0.15, 0.2) is 24.3 Å². The smallest absolute Gasteiger partial charge is 0.0823 e. The van der Waals surface area contributed by atoms with Gasteiger partial charge in [0, 0.05) is 0 Å². The average molecular weight is 202 g/mol. The maximum Gasteiger partial charge on any atom is 0.0823 e. The monoisotopic (exact) mass is 202 g/mol. The summed E-state index contributed by atoms with van der Waals surface area (Å²) in [4.78, 5) is 0. The van der Waals surface area contributed by atoms with Gasteiger partial charge in [0.1, 0.15) is 0 Å². The van der Waals surface area contributed by atoms with Gasteiger partial charge in [-0.3, -0.25) is 0 Å². The van der Waals surface area contributed by atoms with Gasteiger partial charge in [-0.25, -0.2) is 0 Å². The van der Waals surface area contributed by atoms with Crippen molar-refractivity contribution in [3.8, 4) is 0 Å². The minimum absolute atomic E-state index is 0.208. The third kappa shape index (κ3) is 1.50. The van der Waals surface area contributed by atoms with Crippen LogP contribution in [-0.2, 0) is 0 Å². The predicted molar refractivity (Wildman–Crippen MR) is 60.5 cm³/mol. The number of benzene rings is 1. The van der Waals surface area contributed by atoms with Crippen molar-refractivity contribution in [1.29, 1.82) is 0 Å². The molecule has 1 N–H and O–H groups in total. The zero-order valence-electron chi connectivity index (χ0n) is 9.19. The molecule has 80 valence electrons. The summed E-state index contributed by atoms with van der Waals surface area (Å²) in [6.45, 7) is 2.09. The standard InChI is InChI=1S/C14H18O/c1-9-5-7-10(8-6-9)14(15)13-11-3-2-4-12(11)13/h5-8,11-15H,2-4H2,1H3. The van der Waals surface area contributed by atoms with E-state index in [4.69, 9.17) is 0 Å². The van der Waals surface area contributed by atoms with Crippen LogP contribution >= 0.6 is 0 Å². The first kappa shape index (κ1) is 9.41. The van der Waals surface area contributed by atoms with E-state index in [1.165, 1.54) is 24.8 Å². The first-order valence-electron chi connectivity index (χ1n) is 6.02. The molecule has 2 fully saturated rings. The molecule has 0 saturated heterocycles. The van der Waals surface area contributed by atoms with Crippen molar-refractivity contribution in [2.45, 2.75) is 32.3 Å².